The van der Waals surface area contributed by atoms with Crippen molar-refractivity contribution in [1.29, 1.82) is 0 Å². The van der Waals surface area contributed by atoms with Crippen LogP contribution in [0.15, 0.2) is 4.99 Å². The van der Waals surface area contributed by atoms with Crippen LogP contribution in [0.5, 0.6) is 0 Å². The monoisotopic (exact) mass is 262 g/mol. The van der Waals surface area contributed by atoms with Crippen molar-refractivity contribution < 1.29 is 0 Å². The maximum absolute atomic E-state index is 4.62. The van der Waals surface area contributed by atoms with Crippen molar-refractivity contribution in [3.8, 4) is 0 Å². The number of aromatic nitrogens is 3. The zero-order chi connectivity index (χ0) is 13.1. The Morgan fingerprint density at radius 2 is 2.26 bits per heavy atom. The molecule has 1 aromatic heterocycles. The molecule has 0 bridgehead atoms. The average Bonchev–Trinajstić information content (AvgIpc) is 3.15. The van der Waals surface area contributed by atoms with Crippen LogP contribution < -0.4 is 10.6 Å². The van der Waals surface area contributed by atoms with E-state index in [0.717, 1.165) is 37.1 Å². The Balaban J connectivity index is 1.66. The van der Waals surface area contributed by atoms with Crippen molar-refractivity contribution in [1.82, 2.24) is 25.4 Å². The quantitative estimate of drug-likeness (QED) is 0.623. The first-order valence-electron chi connectivity index (χ1n) is 7.32. The number of guanidine groups is 1. The number of rotatable bonds is 4. The van der Waals surface area contributed by atoms with E-state index in [2.05, 4.69) is 37.3 Å². The maximum Gasteiger partial charge on any atom is 0.191 e. The molecule has 0 amide bonds. The number of hydrogen-bond acceptors (Lipinski definition) is 3. The number of fused-ring (bicyclic) bond motifs is 1. The molecule has 0 atom stereocenters. The maximum atomic E-state index is 4.62. The molecular weight excluding hydrogens is 240 g/mol. The van der Waals surface area contributed by atoms with Crippen molar-refractivity contribution in [2.24, 2.45) is 4.99 Å². The summed E-state index contributed by atoms with van der Waals surface area (Å²) >= 11 is 0. The molecule has 6 heteroatoms. The molecule has 2 aliphatic rings. The minimum absolute atomic E-state index is 0.606. The Morgan fingerprint density at radius 3 is 3.05 bits per heavy atom. The van der Waals surface area contributed by atoms with Crippen LogP contribution in [-0.4, -0.2) is 33.3 Å². The summed E-state index contributed by atoms with van der Waals surface area (Å²) in [5, 5.41) is 15.2. The van der Waals surface area contributed by atoms with Gasteiger partial charge >= 0.3 is 0 Å². The van der Waals surface area contributed by atoms with Crippen molar-refractivity contribution in [3.63, 3.8) is 0 Å². The van der Waals surface area contributed by atoms with Gasteiger partial charge in [0.1, 0.15) is 12.4 Å². The van der Waals surface area contributed by atoms with Gasteiger partial charge in [0, 0.05) is 25.6 Å². The van der Waals surface area contributed by atoms with Crippen LogP contribution in [0.4, 0.5) is 0 Å². The Bertz CT molecular complexity index is 460. The SMILES string of the molecule is CCNC(=NCc1nnc2n1CCCC2)NC1CC1. The molecule has 2 N–H and O–H groups in total. The van der Waals surface area contributed by atoms with Gasteiger partial charge in [-0.25, -0.2) is 4.99 Å². The number of aryl methyl sites for hydroxylation is 1. The Morgan fingerprint density at radius 1 is 1.37 bits per heavy atom. The van der Waals surface area contributed by atoms with Gasteiger partial charge < -0.3 is 15.2 Å². The summed E-state index contributed by atoms with van der Waals surface area (Å²) in [5.41, 5.74) is 0. The third kappa shape index (κ3) is 3.05. The van der Waals surface area contributed by atoms with E-state index in [-0.39, 0.29) is 0 Å². The molecular formula is C13H22N6. The molecule has 1 fully saturated rings. The van der Waals surface area contributed by atoms with Crippen LogP contribution in [0.1, 0.15) is 44.3 Å². The smallest absolute Gasteiger partial charge is 0.191 e. The second-order valence-electron chi connectivity index (χ2n) is 5.25. The van der Waals surface area contributed by atoms with Crippen LogP contribution in [0.3, 0.4) is 0 Å². The Kier molecular flexibility index (Phi) is 3.66. The zero-order valence-corrected chi connectivity index (χ0v) is 11.5. The van der Waals surface area contributed by atoms with Gasteiger partial charge in [0.05, 0.1) is 0 Å². The topological polar surface area (TPSA) is 67.1 Å². The molecule has 0 saturated heterocycles. The van der Waals surface area contributed by atoms with Gasteiger partial charge in [-0.05, 0) is 32.6 Å². The lowest BCUT2D eigenvalue weighted by Gasteiger charge is -2.14. The van der Waals surface area contributed by atoms with Crippen LogP contribution in [0, 0.1) is 0 Å². The van der Waals surface area contributed by atoms with E-state index in [1.54, 1.807) is 0 Å². The lowest BCUT2D eigenvalue weighted by atomic mass is 10.2. The fraction of sp³-hybridized carbons (Fsp3) is 0.769. The van der Waals surface area contributed by atoms with E-state index in [1.807, 2.05) is 0 Å². The second-order valence-corrected chi connectivity index (χ2v) is 5.25. The third-order valence-electron chi connectivity index (χ3n) is 3.58. The first-order valence-corrected chi connectivity index (χ1v) is 7.32. The van der Waals surface area contributed by atoms with Crippen LogP contribution >= 0.6 is 0 Å². The average molecular weight is 262 g/mol. The van der Waals surface area contributed by atoms with Gasteiger partial charge in [-0.3, -0.25) is 0 Å². The summed E-state index contributed by atoms with van der Waals surface area (Å²) in [6, 6.07) is 0.616. The fourth-order valence-electron chi connectivity index (χ4n) is 2.38. The second kappa shape index (κ2) is 5.59. The molecule has 0 aromatic carbocycles. The molecule has 0 spiro atoms. The number of aliphatic imine (C=N–C) groups is 1. The van der Waals surface area contributed by atoms with Gasteiger partial charge in [-0.15, -0.1) is 10.2 Å². The van der Waals surface area contributed by atoms with E-state index in [0.29, 0.717) is 12.6 Å². The standard InChI is InChI=1S/C13H22N6/c1-2-14-13(16-10-6-7-10)15-9-12-18-17-11-5-3-4-8-19(11)12/h10H,2-9H2,1H3,(H2,14,15,16). The Hall–Kier alpha value is -1.59. The summed E-state index contributed by atoms with van der Waals surface area (Å²) in [4.78, 5) is 4.62. The number of nitrogens with zero attached hydrogens (tertiary/aromatic N) is 4. The third-order valence-corrected chi connectivity index (χ3v) is 3.58. The largest absolute Gasteiger partial charge is 0.357 e. The van der Waals surface area contributed by atoms with Crippen molar-refractivity contribution >= 4 is 5.96 Å². The predicted molar refractivity (Wildman–Crippen MR) is 73.9 cm³/mol. The minimum atomic E-state index is 0.606. The van der Waals surface area contributed by atoms with Gasteiger partial charge in [0.25, 0.3) is 0 Å². The van der Waals surface area contributed by atoms with Crippen molar-refractivity contribution in [2.75, 3.05) is 6.54 Å². The summed E-state index contributed by atoms with van der Waals surface area (Å²) in [6.45, 7) is 4.62. The van der Waals surface area contributed by atoms with E-state index >= 15 is 0 Å². The van der Waals surface area contributed by atoms with Gasteiger partial charge in [-0.1, -0.05) is 0 Å². The molecule has 1 aliphatic heterocycles. The molecule has 6 nitrogen and oxygen atoms in total. The first-order chi connectivity index (χ1) is 9.36. The lowest BCUT2D eigenvalue weighted by molar-refractivity contribution is 0.508. The predicted octanol–water partition coefficient (Wildman–Crippen LogP) is 0.832. The summed E-state index contributed by atoms with van der Waals surface area (Å²) < 4.78 is 2.23. The van der Waals surface area contributed by atoms with Crippen molar-refractivity contribution in [3.05, 3.63) is 11.6 Å². The summed E-state index contributed by atoms with van der Waals surface area (Å²) in [7, 11) is 0. The van der Waals surface area contributed by atoms with Gasteiger partial charge in [0.15, 0.2) is 11.8 Å². The van der Waals surface area contributed by atoms with E-state index in [1.165, 1.54) is 25.7 Å². The normalized spacial score (nSPS) is 19.1. The number of hydrogen-bond donors (Lipinski definition) is 2. The van der Waals surface area contributed by atoms with Gasteiger partial charge in [0.2, 0.25) is 0 Å². The van der Waals surface area contributed by atoms with Crippen LogP contribution in [0.2, 0.25) is 0 Å². The zero-order valence-electron chi connectivity index (χ0n) is 11.5. The highest BCUT2D eigenvalue weighted by Gasteiger charge is 2.22. The number of nitrogens with one attached hydrogen (secondary N) is 2. The molecule has 0 unspecified atom stereocenters. The van der Waals surface area contributed by atoms with Crippen LogP contribution in [-0.2, 0) is 19.5 Å². The summed E-state index contributed by atoms with van der Waals surface area (Å²) in [6.07, 6.45) is 6.02. The first kappa shape index (κ1) is 12.4. The van der Waals surface area contributed by atoms with E-state index in [4.69, 9.17) is 0 Å². The molecule has 19 heavy (non-hydrogen) atoms. The lowest BCUT2D eigenvalue weighted by Crippen LogP contribution is -2.38. The highest BCUT2D eigenvalue weighted by atomic mass is 15.3. The van der Waals surface area contributed by atoms with Crippen LogP contribution in [0.25, 0.3) is 0 Å². The molecule has 1 saturated carbocycles. The molecule has 1 aliphatic carbocycles. The molecule has 104 valence electrons. The van der Waals surface area contributed by atoms with Gasteiger partial charge in [-0.2, -0.15) is 0 Å². The highest BCUT2D eigenvalue weighted by Crippen LogP contribution is 2.18. The minimum Gasteiger partial charge on any atom is -0.357 e. The highest BCUT2D eigenvalue weighted by molar-refractivity contribution is 5.80. The molecule has 0 radical (unpaired) electrons. The molecule has 2 heterocycles. The Labute approximate surface area is 113 Å². The summed E-state index contributed by atoms with van der Waals surface area (Å²) in [5.74, 6) is 3.01. The van der Waals surface area contributed by atoms with E-state index in [9.17, 15) is 0 Å². The molecule has 3 rings (SSSR count). The van der Waals surface area contributed by atoms with E-state index < -0.39 is 0 Å². The fourth-order valence-corrected chi connectivity index (χ4v) is 2.38. The molecule has 1 aromatic rings. The van der Waals surface area contributed by atoms with Crippen molar-refractivity contribution in [2.45, 2.75) is 58.2 Å².